The molecule has 1 N–H and O–H groups in total. The lowest BCUT2D eigenvalue weighted by Gasteiger charge is -2.18. The number of hydrogen-bond acceptors (Lipinski definition) is 4. The minimum absolute atomic E-state index is 0.147. The van der Waals surface area contributed by atoms with Crippen LogP contribution in [0.25, 0.3) is 0 Å². The van der Waals surface area contributed by atoms with Crippen molar-refractivity contribution < 1.29 is 23.5 Å². The van der Waals surface area contributed by atoms with Gasteiger partial charge in [-0.05, 0) is 30.3 Å². The molecule has 0 aromatic heterocycles. The summed E-state index contributed by atoms with van der Waals surface area (Å²) in [6.07, 6.45) is 0.147. The number of nitrogens with zero attached hydrogens (tertiary/aromatic N) is 1. The molecule has 1 heterocycles. The Hall–Kier alpha value is -3.09. The molecular weight excluding hydrogens is 339 g/mol. The molecule has 0 bridgehead atoms. The normalized spacial score (nSPS) is 16.5. The van der Waals surface area contributed by atoms with E-state index in [0.717, 1.165) is 0 Å². The molecule has 0 spiro atoms. The van der Waals surface area contributed by atoms with E-state index in [4.69, 9.17) is 9.47 Å². The molecule has 26 heavy (non-hydrogen) atoms. The zero-order valence-electron chi connectivity index (χ0n) is 14.5. The molecule has 7 heteroatoms. The van der Waals surface area contributed by atoms with Gasteiger partial charge >= 0.3 is 0 Å². The van der Waals surface area contributed by atoms with Gasteiger partial charge in [0.05, 0.1) is 25.8 Å². The monoisotopic (exact) mass is 358 g/mol. The van der Waals surface area contributed by atoms with Gasteiger partial charge in [0.15, 0.2) is 11.5 Å². The van der Waals surface area contributed by atoms with Crippen molar-refractivity contribution in [1.29, 1.82) is 0 Å². The second kappa shape index (κ2) is 7.43. The number of anilines is 1. The molecule has 2 aromatic rings. The number of hydrogen-bond donors (Lipinski definition) is 1. The van der Waals surface area contributed by atoms with E-state index in [-0.39, 0.29) is 30.8 Å². The standard InChI is InChI=1S/C19H19FN2O4/c1-25-16-8-4-7-15(18(16)26-2)19(24)21-13-10-17(23)22(11-13)14-6-3-5-12(20)9-14/h3-9,13H,10-11H2,1-2H3,(H,21,24)/t13-/m1/s1. The summed E-state index contributed by atoms with van der Waals surface area (Å²) in [6.45, 7) is 0.278. The predicted octanol–water partition coefficient (Wildman–Crippen LogP) is 2.38. The Kier molecular flexibility index (Phi) is 5.06. The molecule has 6 nitrogen and oxygen atoms in total. The van der Waals surface area contributed by atoms with Gasteiger partial charge in [0.25, 0.3) is 5.91 Å². The van der Waals surface area contributed by atoms with Gasteiger partial charge in [-0.3, -0.25) is 9.59 Å². The molecule has 2 amide bonds. The molecule has 0 unspecified atom stereocenters. The molecule has 1 atom stereocenters. The fourth-order valence-electron chi connectivity index (χ4n) is 3.03. The summed E-state index contributed by atoms with van der Waals surface area (Å²) in [4.78, 5) is 26.3. The second-order valence-electron chi connectivity index (χ2n) is 5.90. The molecule has 2 aromatic carbocycles. The quantitative estimate of drug-likeness (QED) is 0.891. The van der Waals surface area contributed by atoms with Gasteiger partial charge in [0.1, 0.15) is 5.82 Å². The van der Waals surface area contributed by atoms with Crippen molar-refractivity contribution >= 4 is 17.5 Å². The molecular formula is C19H19FN2O4. The molecule has 0 aliphatic carbocycles. The molecule has 1 aliphatic heterocycles. The third-order valence-corrected chi connectivity index (χ3v) is 4.23. The van der Waals surface area contributed by atoms with Crippen molar-refractivity contribution in [3.05, 3.63) is 53.8 Å². The fraction of sp³-hybridized carbons (Fsp3) is 0.263. The van der Waals surface area contributed by atoms with Crippen LogP contribution in [0.4, 0.5) is 10.1 Å². The first kappa shape index (κ1) is 17.7. The van der Waals surface area contributed by atoms with Crippen molar-refractivity contribution in [2.45, 2.75) is 12.5 Å². The average molecular weight is 358 g/mol. The number of rotatable bonds is 5. The minimum Gasteiger partial charge on any atom is -0.493 e. The van der Waals surface area contributed by atoms with Crippen LogP contribution in [0, 0.1) is 5.82 Å². The van der Waals surface area contributed by atoms with Crippen molar-refractivity contribution in [2.75, 3.05) is 25.7 Å². The maximum Gasteiger partial charge on any atom is 0.255 e. The number of nitrogens with one attached hydrogen (secondary N) is 1. The summed E-state index contributed by atoms with van der Waals surface area (Å²) in [5.41, 5.74) is 0.800. The average Bonchev–Trinajstić information content (AvgIpc) is 3.01. The van der Waals surface area contributed by atoms with E-state index < -0.39 is 5.82 Å². The summed E-state index contributed by atoms with van der Waals surface area (Å²) in [5, 5.41) is 2.84. The lowest BCUT2D eigenvalue weighted by atomic mass is 10.1. The smallest absolute Gasteiger partial charge is 0.255 e. The van der Waals surface area contributed by atoms with Gasteiger partial charge < -0.3 is 19.7 Å². The van der Waals surface area contributed by atoms with Gasteiger partial charge in [0.2, 0.25) is 5.91 Å². The number of ether oxygens (including phenoxy) is 2. The molecule has 1 fully saturated rings. The van der Waals surface area contributed by atoms with Gasteiger partial charge in [-0.1, -0.05) is 12.1 Å². The third-order valence-electron chi connectivity index (χ3n) is 4.23. The number of carbonyl (C=O) groups is 2. The van der Waals surface area contributed by atoms with E-state index in [1.165, 1.54) is 31.3 Å². The lowest BCUT2D eigenvalue weighted by molar-refractivity contribution is -0.117. The van der Waals surface area contributed by atoms with Gasteiger partial charge in [0, 0.05) is 18.7 Å². The number of halogens is 1. The van der Waals surface area contributed by atoms with E-state index in [1.807, 2.05) is 0 Å². The molecule has 1 aliphatic rings. The Morgan fingerprint density at radius 3 is 2.65 bits per heavy atom. The summed E-state index contributed by atoms with van der Waals surface area (Å²) in [7, 11) is 2.95. The van der Waals surface area contributed by atoms with Crippen LogP contribution in [0.15, 0.2) is 42.5 Å². The van der Waals surface area contributed by atoms with Crippen LogP contribution in [-0.4, -0.2) is 38.6 Å². The number of methoxy groups -OCH3 is 2. The molecule has 0 saturated carbocycles. The Labute approximate surface area is 150 Å². The van der Waals surface area contributed by atoms with Crippen LogP contribution in [0.1, 0.15) is 16.8 Å². The number of carbonyl (C=O) groups excluding carboxylic acids is 2. The van der Waals surface area contributed by atoms with Crippen LogP contribution in [0.2, 0.25) is 0 Å². The highest BCUT2D eigenvalue weighted by Gasteiger charge is 2.32. The maximum atomic E-state index is 13.4. The van der Waals surface area contributed by atoms with E-state index in [9.17, 15) is 14.0 Å². The SMILES string of the molecule is COc1cccc(C(=O)N[C@@H]2CC(=O)N(c3cccc(F)c3)C2)c1OC. The van der Waals surface area contributed by atoms with E-state index in [1.54, 1.807) is 30.3 Å². The first-order chi connectivity index (χ1) is 12.5. The summed E-state index contributed by atoms with van der Waals surface area (Å²) < 4.78 is 23.9. The molecule has 136 valence electrons. The lowest BCUT2D eigenvalue weighted by Crippen LogP contribution is -2.37. The highest BCUT2D eigenvalue weighted by Crippen LogP contribution is 2.31. The first-order valence-electron chi connectivity index (χ1n) is 8.11. The molecule has 0 radical (unpaired) electrons. The number of para-hydroxylation sites is 1. The molecule has 1 saturated heterocycles. The van der Waals surface area contributed by atoms with Crippen molar-refractivity contribution in [3.63, 3.8) is 0 Å². The van der Waals surface area contributed by atoms with Crippen LogP contribution in [-0.2, 0) is 4.79 Å². The van der Waals surface area contributed by atoms with Crippen LogP contribution in [0.5, 0.6) is 11.5 Å². The van der Waals surface area contributed by atoms with Crippen molar-refractivity contribution in [2.24, 2.45) is 0 Å². The Morgan fingerprint density at radius 1 is 1.19 bits per heavy atom. The Morgan fingerprint density at radius 2 is 1.96 bits per heavy atom. The highest BCUT2D eigenvalue weighted by atomic mass is 19.1. The van der Waals surface area contributed by atoms with E-state index in [2.05, 4.69) is 5.32 Å². The van der Waals surface area contributed by atoms with E-state index >= 15 is 0 Å². The topological polar surface area (TPSA) is 67.9 Å². The number of benzene rings is 2. The van der Waals surface area contributed by atoms with Crippen LogP contribution < -0.4 is 19.7 Å². The summed E-state index contributed by atoms with van der Waals surface area (Å²) in [6, 6.07) is 10.5. The predicted molar refractivity (Wildman–Crippen MR) is 94.2 cm³/mol. The van der Waals surface area contributed by atoms with Crippen LogP contribution >= 0.6 is 0 Å². The highest BCUT2D eigenvalue weighted by molar-refractivity contribution is 6.00. The van der Waals surface area contributed by atoms with Crippen LogP contribution in [0.3, 0.4) is 0 Å². The van der Waals surface area contributed by atoms with Gasteiger partial charge in [-0.2, -0.15) is 0 Å². The van der Waals surface area contributed by atoms with Crippen molar-refractivity contribution in [3.8, 4) is 11.5 Å². The zero-order valence-corrected chi connectivity index (χ0v) is 14.5. The largest absolute Gasteiger partial charge is 0.493 e. The summed E-state index contributed by atoms with van der Waals surface area (Å²) in [5.74, 6) is -0.162. The zero-order chi connectivity index (χ0) is 18.7. The molecule has 3 rings (SSSR count). The first-order valence-corrected chi connectivity index (χ1v) is 8.11. The number of amides is 2. The summed E-state index contributed by atoms with van der Waals surface area (Å²) >= 11 is 0. The third kappa shape index (κ3) is 3.46. The maximum absolute atomic E-state index is 13.4. The van der Waals surface area contributed by atoms with E-state index in [0.29, 0.717) is 22.7 Å². The fourth-order valence-corrected chi connectivity index (χ4v) is 3.03. The van der Waals surface area contributed by atoms with Crippen molar-refractivity contribution in [1.82, 2.24) is 5.32 Å². The minimum atomic E-state index is -0.413. The van der Waals surface area contributed by atoms with Gasteiger partial charge in [-0.15, -0.1) is 0 Å². The Bertz CT molecular complexity index is 840. The second-order valence-corrected chi connectivity index (χ2v) is 5.90. The Balaban J connectivity index is 1.74. The van der Waals surface area contributed by atoms with Gasteiger partial charge in [-0.25, -0.2) is 4.39 Å².